The number of hydrogen-bond donors (Lipinski definition) is 3. The fourth-order valence-corrected chi connectivity index (χ4v) is 1.91. The first-order chi connectivity index (χ1) is 12.1. The average Bonchev–Trinajstić information content (AvgIpc) is 2.52. The summed E-state index contributed by atoms with van der Waals surface area (Å²) >= 11 is 0. The number of nitrogens with one attached hydrogen (secondary N) is 3. The summed E-state index contributed by atoms with van der Waals surface area (Å²) in [6, 6.07) is 7.23. The van der Waals surface area contributed by atoms with E-state index < -0.39 is 11.7 Å². The molecule has 7 nitrogen and oxygen atoms in total. The molecule has 0 aliphatic heterocycles. The highest BCUT2D eigenvalue weighted by Gasteiger charge is 2.15. The lowest BCUT2D eigenvalue weighted by Crippen LogP contribution is -2.34. The van der Waals surface area contributed by atoms with Gasteiger partial charge in [-0.05, 0) is 38.5 Å². The van der Waals surface area contributed by atoms with E-state index in [9.17, 15) is 14.4 Å². The Morgan fingerprint density at radius 1 is 1.04 bits per heavy atom. The maximum atomic E-state index is 11.9. The van der Waals surface area contributed by atoms with E-state index >= 15 is 0 Å². The molecule has 0 saturated heterocycles. The molecule has 0 aromatic heterocycles. The molecule has 26 heavy (non-hydrogen) atoms. The van der Waals surface area contributed by atoms with Gasteiger partial charge in [-0.2, -0.15) is 0 Å². The van der Waals surface area contributed by atoms with Crippen molar-refractivity contribution in [2.24, 2.45) is 5.92 Å². The van der Waals surface area contributed by atoms with Gasteiger partial charge < -0.3 is 20.7 Å². The zero-order valence-electron chi connectivity index (χ0n) is 16.1. The molecular formula is C19H29N3O4. The number of carbonyl (C=O) groups is 3. The number of ether oxygens (including phenoxy) is 1. The minimum Gasteiger partial charge on any atom is -0.444 e. The minimum absolute atomic E-state index is 0.000124. The second-order valence-corrected chi connectivity index (χ2v) is 7.30. The van der Waals surface area contributed by atoms with Crippen molar-refractivity contribution in [2.75, 3.05) is 11.9 Å². The fraction of sp³-hybridized carbons (Fsp3) is 0.526. The average molecular weight is 363 g/mol. The van der Waals surface area contributed by atoms with Crippen LogP contribution in [-0.2, 0) is 20.9 Å². The van der Waals surface area contributed by atoms with Gasteiger partial charge in [0.05, 0.1) is 0 Å². The molecule has 0 bridgehead atoms. The van der Waals surface area contributed by atoms with Gasteiger partial charge >= 0.3 is 6.09 Å². The van der Waals surface area contributed by atoms with E-state index in [4.69, 9.17) is 4.74 Å². The standard InChI is InChI=1S/C19H29N3O4/c1-13(2)17(24)21-12-14-6-8-15(9-7-14)22-16(23)10-11-20-18(25)26-19(3,4)5/h6-9,13H,10-12H2,1-5H3,(H,20,25)(H,21,24)(H,22,23). The van der Waals surface area contributed by atoms with Crippen molar-refractivity contribution < 1.29 is 19.1 Å². The molecule has 0 aliphatic carbocycles. The maximum absolute atomic E-state index is 11.9. The van der Waals surface area contributed by atoms with Crippen molar-refractivity contribution in [1.82, 2.24) is 10.6 Å². The van der Waals surface area contributed by atoms with E-state index in [2.05, 4.69) is 16.0 Å². The second-order valence-electron chi connectivity index (χ2n) is 7.30. The Hall–Kier alpha value is -2.57. The quantitative estimate of drug-likeness (QED) is 0.694. The summed E-state index contributed by atoms with van der Waals surface area (Å²) in [4.78, 5) is 34.9. The summed E-state index contributed by atoms with van der Waals surface area (Å²) in [6.45, 7) is 9.65. The summed E-state index contributed by atoms with van der Waals surface area (Å²) in [5, 5.41) is 8.13. The fourth-order valence-electron chi connectivity index (χ4n) is 1.91. The van der Waals surface area contributed by atoms with Crippen molar-refractivity contribution in [3.63, 3.8) is 0 Å². The van der Waals surface area contributed by atoms with Crippen molar-refractivity contribution in [3.05, 3.63) is 29.8 Å². The lowest BCUT2D eigenvalue weighted by atomic mass is 10.1. The summed E-state index contributed by atoms with van der Waals surface area (Å²) in [6.07, 6.45) is -0.399. The van der Waals surface area contributed by atoms with Crippen LogP contribution in [0.5, 0.6) is 0 Å². The van der Waals surface area contributed by atoms with Gasteiger partial charge in [0.2, 0.25) is 11.8 Å². The van der Waals surface area contributed by atoms with Gasteiger partial charge in [0.15, 0.2) is 0 Å². The van der Waals surface area contributed by atoms with Crippen LogP contribution in [0.15, 0.2) is 24.3 Å². The van der Waals surface area contributed by atoms with E-state index in [1.807, 2.05) is 26.0 Å². The second kappa shape index (κ2) is 9.79. The van der Waals surface area contributed by atoms with E-state index in [0.29, 0.717) is 12.2 Å². The number of alkyl carbamates (subject to hydrolysis) is 1. The lowest BCUT2D eigenvalue weighted by Gasteiger charge is -2.19. The smallest absolute Gasteiger partial charge is 0.407 e. The molecule has 3 N–H and O–H groups in total. The highest BCUT2D eigenvalue weighted by molar-refractivity contribution is 5.91. The highest BCUT2D eigenvalue weighted by Crippen LogP contribution is 2.10. The van der Waals surface area contributed by atoms with E-state index in [1.165, 1.54) is 0 Å². The molecule has 0 fully saturated rings. The Labute approximate surface area is 154 Å². The molecule has 1 aromatic rings. The van der Waals surface area contributed by atoms with Crippen LogP contribution in [0.3, 0.4) is 0 Å². The van der Waals surface area contributed by atoms with Crippen molar-refractivity contribution >= 4 is 23.6 Å². The SMILES string of the molecule is CC(C)C(=O)NCc1ccc(NC(=O)CCNC(=O)OC(C)(C)C)cc1. The largest absolute Gasteiger partial charge is 0.444 e. The minimum atomic E-state index is -0.567. The molecule has 0 heterocycles. The molecule has 0 unspecified atom stereocenters. The van der Waals surface area contributed by atoms with Gasteiger partial charge in [-0.3, -0.25) is 9.59 Å². The van der Waals surface area contributed by atoms with E-state index in [-0.39, 0.29) is 30.7 Å². The summed E-state index contributed by atoms with van der Waals surface area (Å²) < 4.78 is 5.09. The Morgan fingerprint density at radius 2 is 1.65 bits per heavy atom. The molecule has 7 heteroatoms. The van der Waals surface area contributed by atoms with Crippen molar-refractivity contribution in [3.8, 4) is 0 Å². The van der Waals surface area contributed by atoms with E-state index in [1.54, 1.807) is 32.9 Å². The molecule has 0 aliphatic rings. The number of hydrogen-bond acceptors (Lipinski definition) is 4. The molecule has 144 valence electrons. The summed E-state index contributed by atoms with van der Waals surface area (Å²) in [5.74, 6) is -0.260. The van der Waals surface area contributed by atoms with Gasteiger partial charge in [0.1, 0.15) is 5.60 Å². The first-order valence-electron chi connectivity index (χ1n) is 8.70. The predicted molar refractivity (Wildman–Crippen MR) is 101 cm³/mol. The first kappa shape index (κ1) is 21.5. The Balaban J connectivity index is 2.34. The third kappa shape index (κ3) is 9.05. The van der Waals surface area contributed by atoms with Crippen LogP contribution in [-0.4, -0.2) is 30.1 Å². The number of anilines is 1. The van der Waals surface area contributed by atoms with Crippen LogP contribution in [0.4, 0.5) is 10.5 Å². The monoisotopic (exact) mass is 363 g/mol. The van der Waals surface area contributed by atoms with Crippen molar-refractivity contribution in [1.29, 1.82) is 0 Å². The van der Waals surface area contributed by atoms with Crippen LogP contribution < -0.4 is 16.0 Å². The Morgan fingerprint density at radius 3 is 2.19 bits per heavy atom. The maximum Gasteiger partial charge on any atom is 0.407 e. The molecule has 1 aromatic carbocycles. The number of rotatable bonds is 7. The van der Waals surface area contributed by atoms with Gasteiger partial charge in [-0.1, -0.05) is 26.0 Å². The predicted octanol–water partition coefficient (Wildman–Crippen LogP) is 2.81. The summed E-state index contributed by atoms with van der Waals surface area (Å²) in [5.41, 5.74) is 1.04. The Bertz CT molecular complexity index is 619. The van der Waals surface area contributed by atoms with Crippen LogP contribution in [0.1, 0.15) is 46.6 Å². The zero-order valence-corrected chi connectivity index (χ0v) is 16.1. The first-order valence-corrected chi connectivity index (χ1v) is 8.70. The molecule has 3 amide bonds. The zero-order chi connectivity index (χ0) is 19.7. The van der Waals surface area contributed by atoms with Crippen molar-refractivity contribution in [2.45, 2.75) is 53.2 Å². The number of benzene rings is 1. The molecule has 1 rings (SSSR count). The molecule has 0 radical (unpaired) electrons. The normalized spacial score (nSPS) is 11.0. The molecule has 0 atom stereocenters. The third-order valence-electron chi connectivity index (χ3n) is 3.25. The third-order valence-corrected chi connectivity index (χ3v) is 3.25. The number of amides is 3. The Kier molecular flexibility index (Phi) is 8.09. The van der Waals surface area contributed by atoms with Crippen LogP contribution in [0.2, 0.25) is 0 Å². The topological polar surface area (TPSA) is 96.5 Å². The van der Waals surface area contributed by atoms with E-state index in [0.717, 1.165) is 5.56 Å². The lowest BCUT2D eigenvalue weighted by molar-refractivity contribution is -0.124. The summed E-state index contributed by atoms with van der Waals surface area (Å²) in [7, 11) is 0. The van der Waals surface area contributed by atoms with Crippen LogP contribution in [0, 0.1) is 5.92 Å². The van der Waals surface area contributed by atoms with Gasteiger partial charge in [0.25, 0.3) is 0 Å². The van der Waals surface area contributed by atoms with Gasteiger partial charge in [-0.15, -0.1) is 0 Å². The molecular weight excluding hydrogens is 334 g/mol. The highest BCUT2D eigenvalue weighted by atomic mass is 16.6. The molecule has 0 spiro atoms. The number of carbonyl (C=O) groups excluding carboxylic acids is 3. The molecule has 0 saturated carbocycles. The van der Waals surface area contributed by atoms with Gasteiger partial charge in [-0.25, -0.2) is 4.79 Å². The van der Waals surface area contributed by atoms with Gasteiger partial charge in [0, 0.05) is 31.1 Å². The van der Waals surface area contributed by atoms with Crippen LogP contribution >= 0.6 is 0 Å². The van der Waals surface area contributed by atoms with Crippen LogP contribution in [0.25, 0.3) is 0 Å².